The molecule has 4 atom stereocenters. The summed E-state index contributed by atoms with van der Waals surface area (Å²) in [6.45, 7) is 3.96. The molecule has 2 N–H and O–H groups in total. The van der Waals surface area contributed by atoms with Crippen molar-refractivity contribution in [3.63, 3.8) is 0 Å². The van der Waals surface area contributed by atoms with Crippen LogP contribution in [-0.2, 0) is 19.9 Å². The second-order valence-corrected chi connectivity index (χ2v) is 9.15. The Labute approximate surface area is 183 Å². The molecule has 2 aromatic carbocycles. The van der Waals surface area contributed by atoms with Crippen LogP contribution in [0.4, 0.5) is 11.4 Å². The highest BCUT2D eigenvalue weighted by Crippen LogP contribution is 2.54. The number of amides is 3. The molecule has 1 spiro atoms. The van der Waals surface area contributed by atoms with Crippen molar-refractivity contribution < 1.29 is 14.4 Å². The van der Waals surface area contributed by atoms with Crippen LogP contribution >= 0.6 is 23.2 Å². The Kier molecular flexibility index (Phi) is 4.26. The summed E-state index contributed by atoms with van der Waals surface area (Å²) in [5.74, 6) is -2.53. The fraction of sp³-hybridized carbons (Fsp3) is 0.318. The van der Waals surface area contributed by atoms with Crippen molar-refractivity contribution in [3.8, 4) is 0 Å². The number of nitrogens with zero attached hydrogens (tertiary/aromatic N) is 1. The Hall–Kier alpha value is -2.41. The molecule has 2 saturated heterocycles. The van der Waals surface area contributed by atoms with Gasteiger partial charge in [-0.05, 0) is 30.2 Å². The minimum absolute atomic E-state index is 0.0305. The minimum Gasteiger partial charge on any atom is -0.324 e. The Balaban J connectivity index is 1.68. The van der Waals surface area contributed by atoms with E-state index in [9.17, 15) is 14.4 Å². The van der Waals surface area contributed by atoms with Crippen molar-refractivity contribution in [2.24, 2.45) is 17.8 Å². The van der Waals surface area contributed by atoms with Gasteiger partial charge in [0.25, 0.3) is 0 Å². The lowest BCUT2D eigenvalue weighted by atomic mass is 9.76. The standard InChI is InChI=1S/C22H19Cl2N3O3/c1-10(2)18-16-17(22(26-18)12-5-3-4-6-15(12)25-21(22)30)20(29)27(19(16)28)11-7-8-13(23)14(24)9-11/h3-10,16-18,26H,1-2H3,(H,25,30). The van der Waals surface area contributed by atoms with E-state index in [0.29, 0.717) is 22.0 Å². The van der Waals surface area contributed by atoms with Gasteiger partial charge in [-0.3, -0.25) is 19.7 Å². The third kappa shape index (κ3) is 2.38. The number of imide groups is 1. The molecule has 3 aliphatic rings. The first-order valence-corrected chi connectivity index (χ1v) is 10.5. The molecule has 3 amide bonds. The van der Waals surface area contributed by atoms with E-state index >= 15 is 0 Å². The smallest absolute Gasteiger partial charge is 0.250 e. The third-order valence-electron chi connectivity index (χ3n) is 6.44. The van der Waals surface area contributed by atoms with Crippen molar-refractivity contribution in [3.05, 3.63) is 58.1 Å². The molecule has 2 aromatic rings. The zero-order valence-corrected chi connectivity index (χ0v) is 17.8. The van der Waals surface area contributed by atoms with Gasteiger partial charge in [-0.1, -0.05) is 55.2 Å². The number of anilines is 2. The minimum atomic E-state index is -1.28. The van der Waals surface area contributed by atoms with Gasteiger partial charge in [-0.15, -0.1) is 0 Å². The first kappa shape index (κ1) is 19.5. The summed E-state index contributed by atoms with van der Waals surface area (Å²) in [7, 11) is 0. The van der Waals surface area contributed by atoms with E-state index < -0.39 is 23.3 Å². The summed E-state index contributed by atoms with van der Waals surface area (Å²) >= 11 is 12.2. The first-order chi connectivity index (χ1) is 14.3. The highest BCUT2D eigenvalue weighted by Gasteiger charge is 2.70. The van der Waals surface area contributed by atoms with E-state index in [0.717, 1.165) is 4.90 Å². The van der Waals surface area contributed by atoms with Crippen LogP contribution in [0, 0.1) is 17.8 Å². The second kappa shape index (κ2) is 6.54. The highest BCUT2D eigenvalue weighted by molar-refractivity contribution is 6.42. The maximum atomic E-state index is 13.7. The van der Waals surface area contributed by atoms with Gasteiger partial charge in [0.1, 0.15) is 5.54 Å². The van der Waals surface area contributed by atoms with Crippen molar-refractivity contribution >= 4 is 52.3 Å². The lowest BCUT2D eigenvalue weighted by Crippen LogP contribution is -2.54. The van der Waals surface area contributed by atoms with Crippen molar-refractivity contribution in [2.75, 3.05) is 10.2 Å². The van der Waals surface area contributed by atoms with Gasteiger partial charge in [0.15, 0.2) is 0 Å². The molecular weight excluding hydrogens is 425 g/mol. The molecule has 0 aromatic heterocycles. The van der Waals surface area contributed by atoms with Crippen LogP contribution in [-0.4, -0.2) is 23.8 Å². The van der Waals surface area contributed by atoms with Crippen LogP contribution in [0.2, 0.25) is 10.0 Å². The third-order valence-corrected chi connectivity index (χ3v) is 7.18. The number of benzene rings is 2. The quantitative estimate of drug-likeness (QED) is 0.695. The van der Waals surface area contributed by atoms with Gasteiger partial charge in [0, 0.05) is 17.3 Å². The van der Waals surface area contributed by atoms with Crippen LogP contribution < -0.4 is 15.5 Å². The normalized spacial score (nSPS) is 29.7. The number of hydrogen-bond donors (Lipinski definition) is 2. The molecule has 0 aliphatic carbocycles. The summed E-state index contributed by atoms with van der Waals surface area (Å²) in [5, 5.41) is 6.88. The van der Waals surface area contributed by atoms with E-state index in [4.69, 9.17) is 23.2 Å². The Morgan fingerprint density at radius 1 is 1.00 bits per heavy atom. The Morgan fingerprint density at radius 3 is 2.43 bits per heavy atom. The predicted molar refractivity (Wildman–Crippen MR) is 114 cm³/mol. The summed E-state index contributed by atoms with van der Waals surface area (Å²) in [5.41, 5.74) is 0.434. The van der Waals surface area contributed by atoms with E-state index in [2.05, 4.69) is 10.6 Å². The number of carbonyl (C=O) groups excluding carboxylic acids is 3. The number of fused-ring (bicyclic) bond motifs is 4. The average molecular weight is 444 g/mol. The summed E-state index contributed by atoms with van der Waals surface area (Å²) in [6.07, 6.45) is 0. The lowest BCUT2D eigenvalue weighted by Gasteiger charge is -2.30. The zero-order chi connectivity index (χ0) is 21.4. The molecule has 2 fully saturated rings. The van der Waals surface area contributed by atoms with Gasteiger partial charge in [0.2, 0.25) is 17.7 Å². The van der Waals surface area contributed by atoms with Crippen LogP contribution in [0.15, 0.2) is 42.5 Å². The molecular formula is C22H19Cl2N3O3. The van der Waals surface area contributed by atoms with Crippen LogP contribution in [0.3, 0.4) is 0 Å². The summed E-state index contributed by atoms with van der Waals surface area (Å²) in [6, 6.07) is 11.6. The van der Waals surface area contributed by atoms with Crippen LogP contribution in [0.25, 0.3) is 0 Å². The van der Waals surface area contributed by atoms with E-state index in [1.807, 2.05) is 32.0 Å². The average Bonchev–Trinajstić information content (AvgIpc) is 3.30. The van der Waals surface area contributed by atoms with Crippen LogP contribution in [0.1, 0.15) is 19.4 Å². The first-order valence-electron chi connectivity index (χ1n) is 9.79. The fourth-order valence-electron chi connectivity index (χ4n) is 5.14. The number of nitrogens with one attached hydrogen (secondary N) is 2. The highest BCUT2D eigenvalue weighted by atomic mass is 35.5. The SMILES string of the molecule is CC(C)C1NC2(C(=O)Nc3ccccc32)C2C(=O)N(c3ccc(Cl)c(Cl)c3)C(=O)C12. The fourth-order valence-corrected chi connectivity index (χ4v) is 5.43. The maximum Gasteiger partial charge on any atom is 0.250 e. The Morgan fingerprint density at radius 2 is 1.73 bits per heavy atom. The Bertz CT molecular complexity index is 1120. The molecule has 30 heavy (non-hydrogen) atoms. The molecule has 4 unspecified atom stereocenters. The van der Waals surface area contributed by atoms with Crippen LogP contribution in [0.5, 0.6) is 0 Å². The van der Waals surface area contributed by atoms with E-state index in [-0.39, 0.29) is 28.8 Å². The zero-order valence-electron chi connectivity index (χ0n) is 16.3. The van der Waals surface area contributed by atoms with Crippen molar-refractivity contribution in [2.45, 2.75) is 25.4 Å². The number of rotatable bonds is 2. The van der Waals surface area contributed by atoms with Gasteiger partial charge in [-0.2, -0.15) is 0 Å². The van der Waals surface area contributed by atoms with Gasteiger partial charge in [0.05, 0.1) is 27.6 Å². The molecule has 6 nitrogen and oxygen atoms in total. The molecule has 5 rings (SSSR count). The topological polar surface area (TPSA) is 78.5 Å². The van der Waals surface area contributed by atoms with Crippen molar-refractivity contribution in [1.82, 2.24) is 5.32 Å². The molecule has 0 bridgehead atoms. The molecule has 0 saturated carbocycles. The molecule has 3 heterocycles. The molecule has 154 valence electrons. The summed E-state index contributed by atoms with van der Waals surface area (Å²) < 4.78 is 0. The molecule has 3 aliphatic heterocycles. The number of halogens is 2. The molecule has 8 heteroatoms. The van der Waals surface area contributed by atoms with E-state index in [1.54, 1.807) is 18.2 Å². The maximum absolute atomic E-state index is 13.7. The number of carbonyl (C=O) groups is 3. The van der Waals surface area contributed by atoms with Crippen molar-refractivity contribution in [1.29, 1.82) is 0 Å². The largest absolute Gasteiger partial charge is 0.324 e. The molecule has 0 radical (unpaired) electrons. The second-order valence-electron chi connectivity index (χ2n) is 8.34. The number of hydrogen-bond acceptors (Lipinski definition) is 4. The van der Waals surface area contributed by atoms with Gasteiger partial charge < -0.3 is 5.32 Å². The lowest BCUT2D eigenvalue weighted by molar-refractivity contribution is -0.130. The predicted octanol–water partition coefficient (Wildman–Crippen LogP) is 3.57. The van der Waals surface area contributed by atoms with Gasteiger partial charge >= 0.3 is 0 Å². The number of para-hydroxylation sites is 1. The summed E-state index contributed by atoms with van der Waals surface area (Å²) in [4.78, 5) is 41.6. The van der Waals surface area contributed by atoms with Gasteiger partial charge in [-0.25, -0.2) is 4.90 Å². The van der Waals surface area contributed by atoms with E-state index in [1.165, 1.54) is 6.07 Å². The monoisotopic (exact) mass is 443 g/mol.